The normalized spacial score (nSPS) is 10.9. The molecule has 0 bridgehead atoms. The van der Waals surface area contributed by atoms with Crippen LogP contribution in [0.1, 0.15) is 5.89 Å². The van der Waals surface area contributed by atoms with Gasteiger partial charge in [0, 0.05) is 5.56 Å². The molecule has 2 aromatic heterocycles. The molecule has 0 aliphatic heterocycles. The van der Waals surface area contributed by atoms with Crippen LogP contribution in [0.5, 0.6) is 0 Å². The van der Waals surface area contributed by atoms with Crippen molar-refractivity contribution in [3.8, 4) is 22.9 Å². The zero-order valence-electron chi connectivity index (χ0n) is 12.8. The largest absolute Gasteiger partial charge is 0.420 e. The second kappa shape index (κ2) is 7.08. The van der Waals surface area contributed by atoms with Crippen molar-refractivity contribution in [2.45, 2.75) is 11.0 Å². The number of halogens is 1. The number of benzene rings is 2. The molecule has 2 aromatic carbocycles. The molecule has 0 spiro atoms. The summed E-state index contributed by atoms with van der Waals surface area (Å²) in [5, 5.41) is 17.1. The van der Waals surface area contributed by atoms with Gasteiger partial charge in [-0.05, 0) is 24.3 Å². The zero-order chi connectivity index (χ0) is 17.1. The summed E-state index contributed by atoms with van der Waals surface area (Å²) in [7, 11) is 0. The van der Waals surface area contributed by atoms with Gasteiger partial charge < -0.3 is 8.83 Å². The van der Waals surface area contributed by atoms with Gasteiger partial charge in [-0.1, -0.05) is 53.7 Å². The van der Waals surface area contributed by atoms with Crippen LogP contribution in [0.2, 0.25) is 5.02 Å². The fraction of sp³-hybridized carbons (Fsp3) is 0.0588. The second-order valence-electron chi connectivity index (χ2n) is 5.01. The van der Waals surface area contributed by atoms with E-state index in [4.69, 9.17) is 20.4 Å². The third-order valence-electron chi connectivity index (χ3n) is 3.32. The van der Waals surface area contributed by atoms with Gasteiger partial charge in [0.2, 0.25) is 17.7 Å². The summed E-state index contributed by atoms with van der Waals surface area (Å²) in [6.07, 6.45) is 0. The maximum absolute atomic E-state index is 6.13. The van der Waals surface area contributed by atoms with Crippen molar-refractivity contribution in [2.75, 3.05) is 0 Å². The van der Waals surface area contributed by atoms with E-state index in [1.54, 1.807) is 6.07 Å². The van der Waals surface area contributed by atoms with Crippen LogP contribution in [0.4, 0.5) is 0 Å². The number of aromatic nitrogens is 4. The summed E-state index contributed by atoms with van der Waals surface area (Å²) in [5.74, 6) is 1.78. The summed E-state index contributed by atoms with van der Waals surface area (Å²) >= 11 is 7.46. The van der Waals surface area contributed by atoms with Crippen molar-refractivity contribution >= 4 is 23.4 Å². The maximum atomic E-state index is 6.13. The maximum Gasteiger partial charge on any atom is 0.277 e. The number of nitrogens with zero attached hydrogens (tertiary/aromatic N) is 4. The van der Waals surface area contributed by atoms with E-state index in [0.717, 1.165) is 5.56 Å². The molecule has 124 valence electrons. The molecular weight excluding hydrogens is 360 g/mol. The van der Waals surface area contributed by atoms with Gasteiger partial charge in [-0.3, -0.25) is 0 Å². The van der Waals surface area contributed by atoms with Gasteiger partial charge >= 0.3 is 0 Å². The van der Waals surface area contributed by atoms with E-state index < -0.39 is 0 Å². The van der Waals surface area contributed by atoms with Crippen molar-refractivity contribution in [3.05, 3.63) is 65.5 Å². The standard InChI is InChI=1S/C17H11ClN4O2S/c18-13-9-5-4-8-12(13)16-21-22-17(24-16)25-10-14-19-20-15(23-14)11-6-2-1-3-7-11/h1-9H,10H2. The SMILES string of the molecule is Clc1ccccc1-c1nnc(SCc2nnc(-c3ccccc3)o2)o1. The molecule has 2 heterocycles. The molecule has 0 saturated carbocycles. The molecule has 25 heavy (non-hydrogen) atoms. The van der Waals surface area contributed by atoms with Crippen LogP contribution in [-0.4, -0.2) is 20.4 Å². The number of hydrogen-bond acceptors (Lipinski definition) is 7. The first-order valence-electron chi connectivity index (χ1n) is 7.38. The fourth-order valence-corrected chi connectivity index (χ4v) is 2.96. The van der Waals surface area contributed by atoms with E-state index in [0.29, 0.717) is 39.2 Å². The molecule has 0 amide bonds. The average molecular weight is 371 g/mol. The number of hydrogen-bond donors (Lipinski definition) is 0. The van der Waals surface area contributed by atoms with E-state index in [9.17, 15) is 0 Å². The van der Waals surface area contributed by atoms with Crippen LogP contribution in [-0.2, 0) is 5.75 Å². The lowest BCUT2D eigenvalue weighted by Gasteiger charge is -1.96. The Morgan fingerprint density at radius 2 is 1.56 bits per heavy atom. The van der Waals surface area contributed by atoms with E-state index in [1.807, 2.05) is 48.5 Å². The van der Waals surface area contributed by atoms with Gasteiger partial charge in [-0.2, -0.15) is 0 Å². The topological polar surface area (TPSA) is 77.8 Å². The summed E-state index contributed by atoms with van der Waals surface area (Å²) in [6.45, 7) is 0. The van der Waals surface area contributed by atoms with Crippen LogP contribution >= 0.6 is 23.4 Å². The van der Waals surface area contributed by atoms with Gasteiger partial charge in [0.05, 0.1) is 16.3 Å². The first-order chi connectivity index (χ1) is 12.3. The van der Waals surface area contributed by atoms with Crippen molar-refractivity contribution in [2.24, 2.45) is 0 Å². The smallest absolute Gasteiger partial charge is 0.277 e. The number of thioether (sulfide) groups is 1. The molecule has 0 radical (unpaired) electrons. The Labute approximate surface area is 152 Å². The highest BCUT2D eigenvalue weighted by Gasteiger charge is 2.14. The molecule has 6 nitrogen and oxygen atoms in total. The van der Waals surface area contributed by atoms with Gasteiger partial charge in [-0.15, -0.1) is 20.4 Å². The molecule has 0 aliphatic rings. The second-order valence-corrected chi connectivity index (χ2v) is 6.34. The highest BCUT2D eigenvalue weighted by molar-refractivity contribution is 7.98. The van der Waals surface area contributed by atoms with Gasteiger partial charge in [0.15, 0.2) is 0 Å². The number of rotatable bonds is 5. The molecule has 4 aromatic rings. The Balaban J connectivity index is 1.44. The lowest BCUT2D eigenvalue weighted by molar-refractivity contribution is 0.464. The lowest BCUT2D eigenvalue weighted by Crippen LogP contribution is -1.80. The van der Waals surface area contributed by atoms with Crippen LogP contribution in [0.15, 0.2) is 68.7 Å². The molecule has 8 heteroatoms. The summed E-state index contributed by atoms with van der Waals surface area (Å²) in [5.41, 5.74) is 1.58. The quantitative estimate of drug-likeness (QED) is 0.470. The van der Waals surface area contributed by atoms with Crippen molar-refractivity contribution in [1.29, 1.82) is 0 Å². The predicted molar refractivity (Wildman–Crippen MR) is 94.0 cm³/mol. The Hall–Kier alpha value is -2.64. The summed E-state index contributed by atoms with van der Waals surface area (Å²) in [4.78, 5) is 0. The molecule has 0 fully saturated rings. The molecule has 0 atom stereocenters. The molecule has 4 rings (SSSR count). The average Bonchev–Trinajstić information content (AvgIpc) is 3.31. The molecule has 0 unspecified atom stereocenters. The van der Waals surface area contributed by atoms with Crippen LogP contribution < -0.4 is 0 Å². The van der Waals surface area contributed by atoms with Gasteiger partial charge in [0.25, 0.3) is 5.22 Å². The van der Waals surface area contributed by atoms with Crippen molar-refractivity contribution in [1.82, 2.24) is 20.4 Å². The first-order valence-corrected chi connectivity index (χ1v) is 8.75. The van der Waals surface area contributed by atoms with Crippen molar-refractivity contribution < 1.29 is 8.83 Å². The Morgan fingerprint density at radius 3 is 2.40 bits per heavy atom. The fourth-order valence-electron chi connectivity index (χ4n) is 2.14. The predicted octanol–water partition coefficient (Wildman–Crippen LogP) is 4.73. The Bertz CT molecular complexity index is 987. The Morgan fingerprint density at radius 1 is 0.800 bits per heavy atom. The minimum Gasteiger partial charge on any atom is -0.420 e. The minimum atomic E-state index is 0.378. The summed E-state index contributed by atoms with van der Waals surface area (Å²) in [6, 6.07) is 16.9. The highest BCUT2D eigenvalue weighted by atomic mass is 35.5. The van der Waals surface area contributed by atoms with Gasteiger partial charge in [0.1, 0.15) is 0 Å². The molecule has 0 N–H and O–H groups in total. The summed E-state index contributed by atoms with van der Waals surface area (Å²) < 4.78 is 11.3. The van der Waals surface area contributed by atoms with E-state index in [2.05, 4.69) is 20.4 Å². The van der Waals surface area contributed by atoms with Gasteiger partial charge in [-0.25, -0.2) is 0 Å². The third-order valence-corrected chi connectivity index (χ3v) is 4.45. The minimum absolute atomic E-state index is 0.378. The first kappa shape index (κ1) is 15.9. The zero-order valence-corrected chi connectivity index (χ0v) is 14.4. The molecular formula is C17H11ClN4O2S. The highest BCUT2D eigenvalue weighted by Crippen LogP contribution is 2.30. The van der Waals surface area contributed by atoms with E-state index in [-0.39, 0.29) is 0 Å². The van der Waals surface area contributed by atoms with E-state index in [1.165, 1.54) is 11.8 Å². The third kappa shape index (κ3) is 3.57. The molecule has 0 aliphatic carbocycles. The van der Waals surface area contributed by atoms with E-state index >= 15 is 0 Å². The molecule has 0 saturated heterocycles. The van der Waals surface area contributed by atoms with Crippen molar-refractivity contribution in [3.63, 3.8) is 0 Å². The van der Waals surface area contributed by atoms with Crippen LogP contribution in [0.3, 0.4) is 0 Å². The van der Waals surface area contributed by atoms with Crippen LogP contribution in [0, 0.1) is 0 Å². The van der Waals surface area contributed by atoms with Crippen LogP contribution in [0.25, 0.3) is 22.9 Å². The monoisotopic (exact) mass is 370 g/mol. The lowest BCUT2D eigenvalue weighted by atomic mass is 10.2. The Kier molecular flexibility index (Phi) is 4.49.